The summed E-state index contributed by atoms with van der Waals surface area (Å²) in [7, 11) is 0. The highest BCUT2D eigenvalue weighted by molar-refractivity contribution is 9.10. The highest BCUT2D eigenvalue weighted by Gasteiger charge is 2.17. The van der Waals surface area contributed by atoms with E-state index in [1.165, 1.54) is 10.5 Å². The molecule has 1 aromatic heterocycles. The van der Waals surface area contributed by atoms with E-state index in [1.54, 1.807) is 12.4 Å². The average Bonchev–Trinajstić information content (AvgIpc) is 2.29. The fraction of sp³-hybridized carbons (Fsp3) is 0.333. The Labute approximate surface area is 108 Å². The minimum Gasteiger partial charge on any atom is -0.465 e. The van der Waals surface area contributed by atoms with Gasteiger partial charge in [0.1, 0.15) is 0 Å². The summed E-state index contributed by atoms with van der Waals surface area (Å²) >= 11 is 3.38. The van der Waals surface area contributed by atoms with Crippen LogP contribution in [0.15, 0.2) is 28.5 Å². The summed E-state index contributed by atoms with van der Waals surface area (Å²) in [6.07, 6.45) is 6.43. The maximum absolute atomic E-state index is 10.8. The van der Waals surface area contributed by atoms with E-state index < -0.39 is 6.09 Å². The quantitative estimate of drug-likeness (QED) is 0.867. The summed E-state index contributed by atoms with van der Waals surface area (Å²) < 4.78 is 0.954. The molecule has 0 unspecified atom stereocenters. The first-order chi connectivity index (χ1) is 8.15. The molecule has 0 saturated carbocycles. The van der Waals surface area contributed by atoms with Crippen molar-refractivity contribution >= 4 is 28.1 Å². The van der Waals surface area contributed by atoms with Crippen molar-refractivity contribution in [2.75, 3.05) is 13.1 Å². The normalized spacial score (nSPS) is 15.8. The lowest BCUT2D eigenvalue weighted by molar-refractivity contribution is 0.142. The third-order valence-electron chi connectivity index (χ3n) is 2.77. The number of piperidine rings is 1. The van der Waals surface area contributed by atoms with Crippen molar-refractivity contribution in [1.29, 1.82) is 0 Å². The molecule has 0 aromatic carbocycles. The predicted molar refractivity (Wildman–Crippen MR) is 68.7 cm³/mol. The largest absolute Gasteiger partial charge is 0.465 e. The van der Waals surface area contributed by atoms with Gasteiger partial charge in [0, 0.05) is 30.0 Å². The van der Waals surface area contributed by atoms with E-state index in [4.69, 9.17) is 5.11 Å². The molecule has 17 heavy (non-hydrogen) atoms. The Bertz CT molecular complexity index is 450. The van der Waals surface area contributed by atoms with Crippen molar-refractivity contribution in [3.05, 3.63) is 34.1 Å². The third kappa shape index (κ3) is 3.30. The van der Waals surface area contributed by atoms with Crippen molar-refractivity contribution in [3.8, 4) is 0 Å². The lowest BCUT2D eigenvalue weighted by atomic mass is 10.0. The Kier molecular flexibility index (Phi) is 3.78. The zero-order valence-corrected chi connectivity index (χ0v) is 10.9. The first-order valence-electron chi connectivity index (χ1n) is 5.43. The monoisotopic (exact) mass is 296 g/mol. The zero-order valence-electron chi connectivity index (χ0n) is 9.27. The molecule has 1 aliphatic rings. The molecule has 1 aromatic rings. The second kappa shape index (κ2) is 5.31. The molecule has 1 saturated heterocycles. The third-order valence-corrected chi connectivity index (χ3v) is 3.21. The van der Waals surface area contributed by atoms with Crippen LogP contribution < -0.4 is 0 Å². The maximum atomic E-state index is 10.8. The van der Waals surface area contributed by atoms with E-state index in [-0.39, 0.29) is 0 Å². The van der Waals surface area contributed by atoms with E-state index in [0.29, 0.717) is 13.1 Å². The Balaban J connectivity index is 2.03. The maximum Gasteiger partial charge on any atom is 0.407 e. The molecule has 2 rings (SSSR count). The number of hydrogen-bond acceptors (Lipinski definition) is 2. The lowest BCUT2D eigenvalue weighted by Gasteiger charge is -2.25. The van der Waals surface area contributed by atoms with E-state index >= 15 is 0 Å². The smallest absolute Gasteiger partial charge is 0.407 e. The van der Waals surface area contributed by atoms with E-state index in [2.05, 4.69) is 27.0 Å². The minimum atomic E-state index is -0.826. The van der Waals surface area contributed by atoms with Gasteiger partial charge in [-0.15, -0.1) is 0 Å². The number of amides is 1. The molecule has 4 nitrogen and oxygen atoms in total. The summed E-state index contributed by atoms with van der Waals surface area (Å²) in [6, 6.07) is 2.00. The SMILES string of the molecule is O=C(O)N1CCC(=Cc2cncc(Br)c2)CC1. The number of likely N-dealkylation sites (tertiary alicyclic amines) is 1. The Morgan fingerprint density at radius 3 is 2.71 bits per heavy atom. The highest BCUT2D eigenvalue weighted by Crippen LogP contribution is 2.20. The van der Waals surface area contributed by atoms with Gasteiger partial charge < -0.3 is 10.0 Å². The number of rotatable bonds is 1. The van der Waals surface area contributed by atoms with Gasteiger partial charge in [-0.25, -0.2) is 4.79 Å². The number of aromatic nitrogens is 1. The van der Waals surface area contributed by atoms with Crippen LogP contribution in [0.3, 0.4) is 0 Å². The van der Waals surface area contributed by atoms with Crippen molar-refractivity contribution in [1.82, 2.24) is 9.88 Å². The average molecular weight is 297 g/mol. The molecule has 0 bridgehead atoms. The molecule has 1 N–H and O–H groups in total. The summed E-state index contributed by atoms with van der Waals surface area (Å²) in [6.45, 7) is 1.17. The fourth-order valence-electron chi connectivity index (χ4n) is 1.87. The van der Waals surface area contributed by atoms with Crippen molar-refractivity contribution in [2.24, 2.45) is 0 Å². The van der Waals surface area contributed by atoms with Gasteiger partial charge in [-0.1, -0.05) is 11.6 Å². The molecular weight excluding hydrogens is 284 g/mol. The molecule has 0 atom stereocenters. The van der Waals surface area contributed by atoms with Crippen LogP contribution in [-0.2, 0) is 0 Å². The van der Waals surface area contributed by atoms with Crippen molar-refractivity contribution < 1.29 is 9.90 Å². The Hall–Kier alpha value is -1.36. The van der Waals surface area contributed by atoms with Crippen LogP contribution in [0, 0.1) is 0 Å². The number of nitrogens with zero attached hydrogens (tertiary/aromatic N) is 2. The van der Waals surface area contributed by atoms with E-state index in [9.17, 15) is 4.79 Å². The minimum absolute atomic E-state index is 0.586. The van der Waals surface area contributed by atoms with Gasteiger partial charge in [-0.05, 0) is 40.4 Å². The second-order valence-corrected chi connectivity index (χ2v) is 4.92. The van der Waals surface area contributed by atoms with Gasteiger partial charge in [0.05, 0.1) is 0 Å². The highest BCUT2D eigenvalue weighted by atomic mass is 79.9. The lowest BCUT2D eigenvalue weighted by Crippen LogP contribution is -2.35. The Morgan fingerprint density at radius 1 is 1.41 bits per heavy atom. The van der Waals surface area contributed by atoms with Crippen LogP contribution in [0.5, 0.6) is 0 Å². The van der Waals surface area contributed by atoms with E-state index in [0.717, 1.165) is 22.9 Å². The van der Waals surface area contributed by atoms with Crippen molar-refractivity contribution in [3.63, 3.8) is 0 Å². The summed E-state index contributed by atoms with van der Waals surface area (Å²) in [5.74, 6) is 0. The van der Waals surface area contributed by atoms with Crippen LogP contribution in [0.2, 0.25) is 0 Å². The number of halogens is 1. The van der Waals surface area contributed by atoms with Crippen LogP contribution in [0.1, 0.15) is 18.4 Å². The predicted octanol–water partition coefficient (Wildman–Crippen LogP) is 3.00. The van der Waals surface area contributed by atoms with Crippen LogP contribution >= 0.6 is 15.9 Å². The van der Waals surface area contributed by atoms with Gasteiger partial charge in [-0.2, -0.15) is 0 Å². The number of carbonyl (C=O) groups is 1. The summed E-state index contributed by atoms with van der Waals surface area (Å²) in [5.41, 5.74) is 2.33. The molecule has 5 heteroatoms. The van der Waals surface area contributed by atoms with Crippen LogP contribution in [-0.4, -0.2) is 34.2 Å². The molecular formula is C12H13BrN2O2. The van der Waals surface area contributed by atoms with Gasteiger partial charge in [-0.3, -0.25) is 4.98 Å². The number of hydrogen-bond donors (Lipinski definition) is 1. The van der Waals surface area contributed by atoms with Crippen LogP contribution in [0.4, 0.5) is 4.79 Å². The van der Waals surface area contributed by atoms with Crippen LogP contribution in [0.25, 0.3) is 6.08 Å². The molecule has 1 amide bonds. The fourth-order valence-corrected chi connectivity index (χ4v) is 2.26. The molecule has 0 aliphatic carbocycles. The molecule has 0 spiro atoms. The summed E-state index contributed by atoms with van der Waals surface area (Å²) in [5, 5.41) is 8.84. The molecule has 2 heterocycles. The van der Waals surface area contributed by atoms with Gasteiger partial charge in [0.2, 0.25) is 0 Å². The standard InChI is InChI=1S/C12H13BrN2O2/c13-11-6-10(7-14-8-11)5-9-1-3-15(4-2-9)12(16)17/h5-8H,1-4H2,(H,16,17). The summed E-state index contributed by atoms with van der Waals surface area (Å²) in [4.78, 5) is 16.3. The molecule has 0 radical (unpaired) electrons. The second-order valence-electron chi connectivity index (χ2n) is 4.01. The first kappa shape index (κ1) is 12.1. The Morgan fingerprint density at radius 2 is 2.12 bits per heavy atom. The molecule has 90 valence electrons. The van der Waals surface area contributed by atoms with Gasteiger partial charge >= 0.3 is 6.09 Å². The molecule has 1 fully saturated rings. The van der Waals surface area contributed by atoms with Gasteiger partial charge in [0.25, 0.3) is 0 Å². The van der Waals surface area contributed by atoms with Crippen molar-refractivity contribution in [2.45, 2.75) is 12.8 Å². The number of carboxylic acid groups (broad SMARTS) is 1. The number of pyridine rings is 1. The van der Waals surface area contributed by atoms with E-state index in [1.807, 2.05) is 6.07 Å². The first-order valence-corrected chi connectivity index (χ1v) is 6.22. The topological polar surface area (TPSA) is 53.4 Å². The van der Waals surface area contributed by atoms with Gasteiger partial charge in [0.15, 0.2) is 0 Å². The molecule has 1 aliphatic heterocycles. The zero-order chi connectivity index (χ0) is 12.3.